The highest BCUT2D eigenvalue weighted by atomic mass is 16.5. The van der Waals surface area contributed by atoms with Gasteiger partial charge in [0, 0.05) is 45.1 Å². The maximum Gasteiger partial charge on any atom is 0.254 e. The predicted molar refractivity (Wildman–Crippen MR) is 100 cm³/mol. The van der Waals surface area contributed by atoms with E-state index < -0.39 is 0 Å². The number of benzene rings is 1. The molecule has 0 atom stereocenters. The number of hydrogen-bond acceptors (Lipinski definition) is 6. The molecule has 26 heavy (non-hydrogen) atoms. The number of aromatic nitrogens is 2. The lowest BCUT2D eigenvalue weighted by molar-refractivity contribution is 0.0398. The van der Waals surface area contributed by atoms with Crippen molar-refractivity contribution in [2.24, 2.45) is 0 Å². The first-order valence-corrected chi connectivity index (χ1v) is 8.91. The van der Waals surface area contributed by atoms with Gasteiger partial charge in [-0.3, -0.25) is 9.69 Å². The Morgan fingerprint density at radius 3 is 2.65 bits per heavy atom. The maximum absolute atomic E-state index is 12.2. The molecule has 2 aromatic rings. The van der Waals surface area contributed by atoms with E-state index >= 15 is 0 Å². The number of rotatable bonds is 7. The summed E-state index contributed by atoms with van der Waals surface area (Å²) < 4.78 is 5.33. The third kappa shape index (κ3) is 5.24. The maximum atomic E-state index is 12.2. The lowest BCUT2D eigenvalue weighted by Gasteiger charge is -2.26. The molecule has 1 aromatic heterocycles. The molecule has 0 spiro atoms. The van der Waals surface area contributed by atoms with Crippen LogP contribution in [0.15, 0.2) is 36.7 Å². The highest BCUT2D eigenvalue weighted by Crippen LogP contribution is 2.07. The molecule has 0 aliphatic carbocycles. The predicted octanol–water partition coefficient (Wildman–Crippen LogP) is 1.46. The molecule has 1 amide bonds. The van der Waals surface area contributed by atoms with Crippen LogP contribution < -0.4 is 10.6 Å². The number of anilines is 1. The standard InChI is InChI=1S/C19H25N5O2/c1-15-4-2-3-5-16(15)12-21-18(25)17-13-22-19(23-14-17)20-6-7-24-8-10-26-11-9-24/h2-5,13-14H,6-12H2,1H3,(H,21,25)(H,20,22,23). The van der Waals surface area contributed by atoms with E-state index in [0.717, 1.165) is 50.5 Å². The van der Waals surface area contributed by atoms with Crippen LogP contribution in [0.4, 0.5) is 5.95 Å². The Labute approximate surface area is 153 Å². The van der Waals surface area contributed by atoms with Crippen LogP contribution in [0, 0.1) is 6.92 Å². The first-order valence-electron chi connectivity index (χ1n) is 8.91. The van der Waals surface area contributed by atoms with Crippen LogP contribution in [-0.2, 0) is 11.3 Å². The Kier molecular flexibility index (Phi) is 6.51. The Hall–Kier alpha value is -2.51. The van der Waals surface area contributed by atoms with Gasteiger partial charge in [-0.25, -0.2) is 9.97 Å². The van der Waals surface area contributed by atoms with E-state index in [0.29, 0.717) is 18.1 Å². The van der Waals surface area contributed by atoms with Gasteiger partial charge in [0.25, 0.3) is 5.91 Å². The molecule has 0 saturated carbocycles. The molecular formula is C19H25N5O2. The molecule has 7 nitrogen and oxygen atoms in total. The minimum atomic E-state index is -0.173. The molecular weight excluding hydrogens is 330 g/mol. The van der Waals surface area contributed by atoms with E-state index in [4.69, 9.17) is 4.74 Å². The molecule has 2 heterocycles. The number of nitrogens with zero attached hydrogens (tertiary/aromatic N) is 3. The summed E-state index contributed by atoms with van der Waals surface area (Å²) >= 11 is 0. The van der Waals surface area contributed by atoms with Gasteiger partial charge in [0.15, 0.2) is 0 Å². The first kappa shape index (κ1) is 18.3. The van der Waals surface area contributed by atoms with Crippen LogP contribution in [-0.4, -0.2) is 60.2 Å². The molecule has 1 fully saturated rings. The molecule has 0 bridgehead atoms. The van der Waals surface area contributed by atoms with Crippen LogP contribution in [0.5, 0.6) is 0 Å². The number of nitrogens with one attached hydrogen (secondary N) is 2. The number of hydrogen-bond donors (Lipinski definition) is 2. The van der Waals surface area contributed by atoms with Crippen LogP contribution in [0.3, 0.4) is 0 Å². The van der Waals surface area contributed by atoms with Gasteiger partial charge >= 0.3 is 0 Å². The first-order chi connectivity index (χ1) is 12.7. The molecule has 0 unspecified atom stereocenters. The highest BCUT2D eigenvalue weighted by molar-refractivity contribution is 5.93. The largest absolute Gasteiger partial charge is 0.379 e. The Balaban J connectivity index is 1.44. The molecule has 0 radical (unpaired) electrons. The van der Waals surface area contributed by atoms with Crippen molar-refractivity contribution in [3.63, 3.8) is 0 Å². The average Bonchev–Trinajstić information content (AvgIpc) is 2.68. The zero-order valence-electron chi connectivity index (χ0n) is 15.1. The zero-order valence-corrected chi connectivity index (χ0v) is 15.1. The molecule has 1 saturated heterocycles. The summed E-state index contributed by atoms with van der Waals surface area (Å²) in [5.74, 6) is 0.363. The summed E-state index contributed by atoms with van der Waals surface area (Å²) in [7, 11) is 0. The number of carbonyl (C=O) groups excluding carboxylic acids is 1. The number of amides is 1. The second-order valence-corrected chi connectivity index (χ2v) is 6.29. The van der Waals surface area contributed by atoms with E-state index in [1.54, 1.807) is 12.4 Å². The fraction of sp³-hybridized carbons (Fsp3) is 0.421. The van der Waals surface area contributed by atoms with E-state index in [1.165, 1.54) is 0 Å². The van der Waals surface area contributed by atoms with Gasteiger partial charge in [0.05, 0.1) is 18.8 Å². The van der Waals surface area contributed by atoms with Crippen molar-refractivity contribution in [2.45, 2.75) is 13.5 Å². The Bertz CT molecular complexity index is 714. The molecule has 1 aliphatic heterocycles. The van der Waals surface area contributed by atoms with Gasteiger partial charge in [-0.1, -0.05) is 24.3 Å². The lowest BCUT2D eigenvalue weighted by atomic mass is 10.1. The molecule has 2 N–H and O–H groups in total. The SMILES string of the molecule is Cc1ccccc1CNC(=O)c1cnc(NCCN2CCOCC2)nc1. The average molecular weight is 355 g/mol. The van der Waals surface area contributed by atoms with Crippen molar-refractivity contribution in [2.75, 3.05) is 44.7 Å². The van der Waals surface area contributed by atoms with Crippen molar-refractivity contribution in [1.82, 2.24) is 20.2 Å². The summed E-state index contributed by atoms with van der Waals surface area (Å²) in [6, 6.07) is 7.99. The number of aryl methyl sites for hydroxylation is 1. The van der Waals surface area contributed by atoms with Crippen LogP contribution in [0.2, 0.25) is 0 Å². The van der Waals surface area contributed by atoms with Crippen molar-refractivity contribution in [1.29, 1.82) is 0 Å². The van der Waals surface area contributed by atoms with Gasteiger partial charge in [0.2, 0.25) is 5.95 Å². The second kappa shape index (κ2) is 9.26. The van der Waals surface area contributed by atoms with Crippen LogP contribution >= 0.6 is 0 Å². The van der Waals surface area contributed by atoms with E-state index in [2.05, 4.69) is 25.5 Å². The third-order valence-electron chi connectivity index (χ3n) is 4.43. The number of carbonyl (C=O) groups is 1. The van der Waals surface area contributed by atoms with Crippen molar-refractivity contribution in [3.05, 3.63) is 53.3 Å². The van der Waals surface area contributed by atoms with Gasteiger partial charge in [-0.05, 0) is 18.1 Å². The molecule has 3 rings (SSSR count). The quantitative estimate of drug-likeness (QED) is 0.783. The Morgan fingerprint density at radius 2 is 1.92 bits per heavy atom. The minimum Gasteiger partial charge on any atom is -0.379 e. The molecule has 1 aliphatic rings. The zero-order chi connectivity index (χ0) is 18.2. The van der Waals surface area contributed by atoms with Crippen molar-refractivity contribution >= 4 is 11.9 Å². The molecule has 1 aromatic carbocycles. The highest BCUT2D eigenvalue weighted by Gasteiger charge is 2.10. The van der Waals surface area contributed by atoms with Crippen molar-refractivity contribution < 1.29 is 9.53 Å². The summed E-state index contributed by atoms with van der Waals surface area (Å²) in [5.41, 5.74) is 2.71. The monoisotopic (exact) mass is 355 g/mol. The van der Waals surface area contributed by atoms with E-state index in [1.807, 2.05) is 31.2 Å². The fourth-order valence-corrected chi connectivity index (χ4v) is 2.77. The van der Waals surface area contributed by atoms with Gasteiger partial charge < -0.3 is 15.4 Å². The summed E-state index contributed by atoms with van der Waals surface area (Å²) in [6.07, 6.45) is 3.11. The van der Waals surface area contributed by atoms with Gasteiger partial charge in [0.1, 0.15) is 0 Å². The van der Waals surface area contributed by atoms with E-state index in [-0.39, 0.29) is 5.91 Å². The summed E-state index contributed by atoms with van der Waals surface area (Å²) in [5, 5.41) is 6.09. The molecule has 138 valence electrons. The number of ether oxygens (including phenoxy) is 1. The summed E-state index contributed by atoms with van der Waals surface area (Å²) in [6.45, 7) is 7.72. The topological polar surface area (TPSA) is 79.4 Å². The van der Waals surface area contributed by atoms with Crippen molar-refractivity contribution in [3.8, 4) is 0 Å². The minimum absolute atomic E-state index is 0.173. The number of morpholine rings is 1. The van der Waals surface area contributed by atoms with E-state index in [9.17, 15) is 4.79 Å². The molecule has 7 heteroatoms. The van der Waals surface area contributed by atoms with Gasteiger partial charge in [-0.2, -0.15) is 0 Å². The lowest BCUT2D eigenvalue weighted by Crippen LogP contribution is -2.39. The summed E-state index contributed by atoms with van der Waals surface area (Å²) in [4.78, 5) is 23.0. The third-order valence-corrected chi connectivity index (χ3v) is 4.43. The smallest absolute Gasteiger partial charge is 0.254 e. The fourth-order valence-electron chi connectivity index (χ4n) is 2.77. The second-order valence-electron chi connectivity index (χ2n) is 6.29. The van der Waals surface area contributed by atoms with Crippen LogP contribution in [0.25, 0.3) is 0 Å². The van der Waals surface area contributed by atoms with Gasteiger partial charge in [-0.15, -0.1) is 0 Å². The Morgan fingerprint density at radius 1 is 1.19 bits per heavy atom. The van der Waals surface area contributed by atoms with Crippen LogP contribution in [0.1, 0.15) is 21.5 Å². The normalized spacial score (nSPS) is 14.8.